The number of esters is 1. The smallest absolute Gasteiger partial charge is 0.309 e. The van der Waals surface area contributed by atoms with E-state index >= 15 is 0 Å². The summed E-state index contributed by atoms with van der Waals surface area (Å²) in [5.74, 6) is -1.73. The Bertz CT molecular complexity index is 598. The van der Waals surface area contributed by atoms with Gasteiger partial charge in [0.15, 0.2) is 0 Å². The Hall–Kier alpha value is -0.980. The van der Waals surface area contributed by atoms with Crippen LogP contribution in [0.1, 0.15) is 81.6 Å². The fourth-order valence-electron chi connectivity index (χ4n) is 4.61. The average Bonchev–Trinajstić information content (AvgIpc) is 2.62. The van der Waals surface area contributed by atoms with Crippen LogP contribution in [0.25, 0.3) is 0 Å². The van der Waals surface area contributed by atoms with Crippen molar-refractivity contribution in [2.24, 2.45) is 29.1 Å². The highest BCUT2D eigenvalue weighted by atomic mass is 16.6. The molecule has 1 aliphatic heterocycles. The lowest BCUT2D eigenvalue weighted by molar-refractivity contribution is -0.187. The van der Waals surface area contributed by atoms with Gasteiger partial charge in [0, 0.05) is 11.6 Å². The molecule has 29 heavy (non-hydrogen) atoms. The van der Waals surface area contributed by atoms with Crippen molar-refractivity contribution in [1.82, 2.24) is 0 Å². The molecule has 0 aromatic rings. The molecular formula is C23H43NO5. The topological polar surface area (TPSA) is 111 Å². The van der Waals surface area contributed by atoms with Gasteiger partial charge >= 0.3 is 5.97 Å². The maximum Gasteiger partial charge on any atom is 0.309 e. The molecule has 6 nitrogen and oxygen atoms in total. The number of rotatable bonds is 1. The number of hydrogen-bond donors (Lipinski definition) is 4. The third-order valence-electron chi connectivity index (χ3n) is 7.81. The van der Waals surface area contributed by atoms with Crippen molar-refractivity contribution in [2.75, 3.05) is 0 Å². The van der Waals surface area contributed by atoms with Gasteiger partial charge in [-0.3, -0.25) is 4.79 Å². The summed E-state index contributed by atoms with van der Waals surface area (Å²) in [6.07, 6.45) is -0.893. The highest BCUT2D eigenvalue weighted by molar-refractivity contribution is 5.86. The maximum absolute atomic E-state index is 12.7. The van der Waals surface area contributed by atoms with Crippen LogP contribution in [0.4, 0.5) is 0 Å². The molecule has 0 bridgehead atoms. The van der Waals surface area contributed by atoms with Gasteiger partial charge in [-0.1, -0.05) is 48.5 Å². The van der Waals surface area contributed by atoms with E-state index in [9.17, 15) is 20.1 Å². The number of ether oxygens (including phenoxy) is 1. The normalized spacial score (nSPS) is 45.4. The molecule has 1 aliphatic rings. The minimum atomic E-state index is -1.69. The quantitative estimate of drug-likeness (QED) is 0.491. The lowest BCUT2D eigenvalue weighted by Crippen LogP contribution is -2.56. The largest absolute Gasteiger partial charge is 0.459 e. The summed E-state index contributed by atoms with van der Waals surface area (Å²) in [6.45, 7) is 16.4. The summed E-state index contributed by atoms with van der Waals surface area (Å²) in [6, 6.07) is 0. The molecule has 0 amide bonds. The summed E-state index contributed by atoms with van der Waals surface area (Å²) in [5, 5.41) is 41.9. The van der Waals surface area contributed by atoms with Crippen LogP contribution in [0.15, 0.2) is 0 Å². The summed E-state index contributed by atoms with van der Waals surface area (Å²) in [5.41, 5.74) is -3.00. The zero-order chi connectivity index (χ0) is 22.9. The van der Waals surface area contributed by atoms with Crippen LogP contribution in [-0.2, 0) is 9.53 Å². The fraction of sp³-hybridized carbons (Fsp3) is 0.913. The third-order valence-corrected chi connectivity index (χ3v) is 7.81. The van der Waals surface area contributed by atoms with Gasteiger partial charge in [0.05, 0.1) is 17.6 Å². The van der Waals surface area contributed by atoms with E-state index in [-0.39, 0.29) is 17.5 Å². The number of hydrogen-bond acceptors (Lipinski definition) is 6. The summed E-state index contributed by atoms with van der Waals surface area (Å²) < 4.78 is 5.64. The molecular weight excluding hydrogens is 370 g/mol. The van der Waals surface area contributed by atoms with E-state index in [4.69, 9.17) is 10.1 Å². The summed E-state index contributed by atoms with van der Waals surface area (Å²) in [4.78, 5) is 12.7. The number of cyclic esters (lactones) is 1. The molecule has 1 fully saturated rings. The Morgan fingerprint density at radius 1 is 1.07 bits per heavy atom. The predicted molar refractivity (Wildman–Crippen MR) is 115 cm³/mol. The molecule has 6 heteroatoms. The first-order chi connectivity index (χ1) is 13.0. The second kappa shape index (κ2) is 9.03. The Balaban J connectivity index is 3.42. The second-order valence-electron chi connectivity index (χ2n) is 10.4. The number of aliphatic hydroxyl groups is 3. The van der Waals surface area contributed by atoms with Gasteiger partial charge in [-0.2, -0.15) is 0 Å². The van der Waals surface area contributed by atoms with E-state index in [1.807, 2.05) is 27.7 Å². The fourth-order valence-corrected chi connectivity index (χ4v) is 4.61. The van der Waals surface area contributed by atoms with Crippen LogP contribution in [0, 0.1) is 34.5 Å². The zero-order valence-corrected chi connectivity index (χ0v) is 19.7. The molecule has 170 valence electrons. The molecule has 0 aromatic carbocycles. The maximum atomic E-state index is 12.7. The first-order valence-corrected chi connectivity index (χ1v) is 10.9. The highest BCUT2D eigenvalue weighted by Crippen LogP contribution is 2.45. The van der Waals surface area contributed by atoms with Gasteiger partial charge in [0.25, 0.3) is 0 Å². The molecule has 1 rings (SSSR count). The average molecular weight is 414 g/mol. The van der Waals surface area contributed by atoms with Crippen LogP contribution in [-0.4, -0.2) is 50.4 Å². The van der Waals surface area contributed by atoms with Gasteiger partial charge < -0.3 is 25.5 Å². The van der Waals surface area contributed by atoms with Crippen LogP contribution in [0.5, 0.6) is 0 Å². The van der Waals surface area contributed by atoms with E-state index in [1.165, 1.54) is 6.92 Å². The molecule has 4 N–H and O–H groups in total. The minimum Gasteiger partial charge on any atom is -0.459 e. The van der Waals surface area contributed by atoms with Crippen molar-refractivity contribution in [3.05, 3.63) is 0 Å². The number of carbonyl (C=O) groups excluding carboxylic acids is 1. The number of nitrogens with one attached hydrogen (secondary N) is 1. The molecule has 0 saturated carbocycles. The minimum absolute atomic E-state index is 0.0213. The molecule has 0 aliphatic carbocycles. The number of carbonyl (C=O) groups is 1. The van der Waals surface area contributed by atoms with Crippen molar-refractivity contribution in [1.29, 1.82) is 5.41 Å². The van der Waals surface area contributed by atoms with Crippen LogP contribution in [0.2, 0.25) is 0 Å². The molecule has 0 aromatic heterocycles. The third kappa shape index (κ3) is 5.20. The monoisotopic (exact) mass is 413 g/mol. The molecule has 0 unspecified atom stereocenters. The van der Waals surface area contributed by atoms with E-state index in [1.54, 1.807) is 27.7 Å². The number of aliphatic hydroxyl groups excluding tert-OH is 1. The van der Waals surface area contributed by atoms with Crippen molar-refractivity contribution in [3.63, 3.8) is 0 Å². The molecule has 0 radical (unpaired) electrons. The first-order valence-electron chi connectivity index (χ1n) is 10.9. The van der Waals surface area contributed by atoms with Gasteiger partial charge in [-0.15, -0.1) is 0 Å². The molecule has 1 heterocycles. The van der Waals surface area contributed by atoms with Crippen molar-refractivity contribution >= 4 is 11.7 Å². The standard InChI is InChI=1S/C23H43NO5/c1-10-17-23(9,28)19(25)16(5)18(24)14(3)12-22(8,27)21(6,7)15(4)11-13(2)20(26)29-17/h13-17,19,24-25,27-28H,10-12H2,1-9H3/t13-,14-,15+,16+,17-,19-,22-,23-/m1/s1. The lowest BCUT2D eigenvalue weighted by atomic mass is 9.62. The van der Waals surface area contributed by atoms with Crippen LogP contribution < -0.4 is 0 Å². The van der Waals surface area contributed by atoms with E-state index in [0.29, 0.717) is 19.3 Å². The molecule has 1 saturated heterocycles. The SMILES string of the molecule is CC[C@H]1OC(=O)[C@H](C)C[C@H](C)C(C)(C)[C@](C)(O)C[C@@H](C)C(=N)[C@H](C)[C@@H](O)[C@]1(C)O. The Morgan fingerprint density at radius 3 is 2.07 bits per heavy atom. The molecule has 0 spiro atoms. The Labute approximate surface area is 176 Å². The zero-order valence-electron chi connectivity index (χ0n) is 19.7. The summed E-state index contributed by atoms with van der Waals surface area (Å²) in [7, 11) is 0. The van der Waals surface area contributed by atoms with Gasteiger partial charge in [0.1, 0.15) is 11.7 Å². The van der Waals surface area contributed by atoms with E-state index in [0.717, 1.165) is 0 Å². The van der Waals surface area contributed by atoms with Crippen molar-refractivity contribution < 1.29 is 24.9 Å². The van der Waals surface area contributed by atoms with Gasteiger partial charge in [0.2, 0.25) is 0 Å². The first kappa shape index (κ1) is 26.1. The van der Waals surface area contributed by atoms with Crippen LogP contribution >= 0.6 is 0 Å². The van der Waals surface area contributed by atoms with Crippen molar-refractivity contribution in [3.8, 4) is 0 Å². The Kier molecular flexibility index (Phi) is 8.11. The van der Waals surface area contributed by atoms with E-state index < -0.39 is 46.6 Å². The second-order valence-corrected chi connectivity index (χ2v) is 10.4. The van der Waals surface area contributed by atoms with Crippen molar-refractivity contribution in [2.45, 2.75) is 105 Å². The summed E-state index contributed by atoms with van der Waals surface area (Å²) >= 11 is 0. The van der Waals surface area contributed by atoms with E-state index in [2.05, 4.69) is 0 Å². The predicted octanol–water partition coefficient (Wildman–Crippen LogP) is 3.56. The molecule has 8 atom stereocenters. The highest BCUT2D eigenvalue weighted by Gasteiger charge is 2.48. The Morgan fingerprint density at radius 2 is 1.59 bits per heavy atom. The van der Waals surface area contributed by atoms with Gasteiger partial charge in [-0.25, -0.2) is 0 Å². The lowest BCUT2D eigenvalue weighted by Gasteiger charge is -2.47. The van der Waals surface area contributed by atoms with Crippen LogP contribution in [0.3, 0.4) is 0 Å². The van der Waals surface area contributed by atoms with Gasteiger partial charge in [-0.05, 0) is 50.4 Å².